The van der Waals surface area contributed by atoms with E-state index < -0.39 is 10.0 Å². The summed E-state index contributed by atoms with van der Waals surface area (Å²) in [6.45, 7) is 0.434. The van der Waals surface area contributed by atoms with E-state index >= 15 is 0 Å². The molecule has 6 heteroatoms. The number of nitrogens with zero attached hydrogens (tertiary/aromatic N) is 1. The molecule has 0 aromatic heterocycles. The molecule has 0 saturated heterocycles. The van der Waals surface area contributed by atoms with E-state index in [0.29, 0.717) is 29.4 Å². The third-order valence-electron chi connectivity index (χ3n) is 4.82. The molecule has 0 saturated carbocycles. The van der Waals surface area contributed by atoms with Crippen LogP contribution >= 0.6 is 0 Å². The number of aryl methyl sites for hydroxylation is 1. The maximum Gasteiger partial charge on any atom is 0.242 e. The summed E-state index contributed by atoms with van der Waals surface area (Å²) in [6, 6.07) is 18.8. The minimum atomic E-state index is -3.52. The van der Waals surface area contributed by atoms with Crippen molar-refractivity contribution in [1.29, 1.82) is 0 Å². The lowest BCUT2D eigenvalue weighted by Gasteiger charge is -2.18. The molecule has 3 rings (SSSR count). The Balaban J connectivity index is 1.67. The van der Waals surface area contributed by atoms with Crippen LogP contribution in [0.15, 0.2) is 65.6 Å². The van der Waals surface area contributed by atoms with Crippen molar-refractivity contribution in [3.63, 3.8) is 0 Å². The SMILES string of the molecule is COc1ccc(CCCN(C)S(=O)(=O)c2ccc3ccccc3c2)cc1OC. The highest BCUT2D eigenvalue weighted by Gasteiger charge is 2.20. The highest BCUT2D eigenvalue weighted by Crippen LogP contribution is 2.28. The second-order valence-electron chi connectivity index (χ2n) is 6.63. The molecule has 0 aliphatic carbocycles. The van der Waals surface area contributed by atoms with Crippen LogP contribution in [0.5, 0.6) is 11.5 Å². The average molecular weight is 400 g/mol. The molecule has 0 bridgehead atoms. The fraction of sp³-hybridized carbons (Fsp3) is 0.273. The molecule has 0 heterocycles. The summed E-state index contributed by atoms with van der Waals surface area (Å²) in [5.74, 6) is 1.36. The van der Waals surface area contributed by atoms with Gasteiger partial charge in [0.15, 0.2) is 11.5 Å². The molecule has 0 unspecified atom stereocenters. The Morgan fingerprint density at radius 3 is 2.29 bits per heavy atom. The Kier molecular flexibility index (Phi) is 6.21. The summed E-state index contributed by atoms with van der Waals surface area (Å²) < 4.78 is 37.8. The molecule has 28 heavy (non-hydrogen) atoms. The first-order valence-corrected chi connectivity index (χ1v) is 10.6. The molecule has 0 radical (unpaired) electrons. The topological polar surface area (TPSA) is 55.8 Å². The Bertz CT molecular complexity index is 1060. The highest BCUT2D eigenvalue weighted by atomic mass is 32.2. The van der Waals surface area contributed by atoms with Gasteiger partial charge in [-0.2, -0.15) is 0 Å². The average Bonchev–Trinajstić information content (AvgIpc) is 2.73. The van der Waals surface area contributed by atoms with Crippen LogP contribution in [0.3, 0.4) is 0 Å². The molecule has 0 fully saturated rings. The van der Waals surface area contributed by atoms with Gasteiger partial charge in [-0.3, -0.25) is 0 Å². The highest BCUT2D eigenvalue weighted by molar-refractivity contribution is 7.89. The van der Waals surface area contributed by atoms with Gasteiger partial charge in [0.2, 0.25) is 10.0 Å². The normalized spacial score (nSPS) is 11.7. The van der Waals surface area contributed by atoms with Gasteiger partial charge in [-0.15, -0.1) is 0 Å². The Morgan fingerprint density at radius 2 is 1.57 bits per heavy atom. The lowest BCUT2D eigenvalue weighted by molar-refractivity contribution is 0.354. The smallest absolute Gasteiger partial charge is 0.242 e. The molecule has 0 N–H and O–H groups in total. The summed E-state index contributed by atoms with van der Waals surface area (Å²) >= 11 is 0. The summed E-state index contributed by atoms with van der Waals surface area (Å²) in [5.41, 5.74) is 1.08. The van der Waals surface area contributed by atoms with Crippen molar-refractivity contribution in [2.75, 3.05) is 27.8 Å². The van der Waals surface area contributed by atoms with Crippen LogP contribution < -0.4 is 9.47 Å². The van der Waals surface area contributed by atoms with Crippen molar-refractivity contribution in [2.24, 2.45) is 0 Å². The third kappa shape index (κ3) is 4.29. The predicted molar refractivity (Wildman–Crippen MR) is 112 cm³/mol. The monoisotopic (exact) mass is 399 g/mol. The van der Waals surface area contributed by atoms with Crippen LogP contribution in [-0.2, 0) is 16.4 Å². The molecule has 0 atom stereocenters. The molecular weight excluding hydrogens is 374 g/mol. The first kappa shape index (κ1) is 20.2. The molecular formula is C22H25NO4S. The number of sulfonamides is 1. The standard InChI is InChI=1S/C22H25NO4S/c1-23(14-6-7-17-10-13-21(26-2)22(15-17)27-3)28(24,25)20-12-11-18-8-4-5-9-19(18)16-20/h4-5,8-13,15-16H,6-7,14H2,1-3H3. The fourth-order valence-corrected chi connectivity index (χ4v) is 4.42. The Hall–Kier alpha value is -2.57. The lowest BCUT2D eigenvalue weighted by Crippen LogP contribution is -2.28. The zero-order valence-corrected chi connectivity index (χ0v) is 17.2. The second kappa shape index (κ2) is 8.63. The molecule has 0 aliphatic rings. The molecule has 5 nitrogen and oxygen atoms in total. The van der Waals surface area contributed by atoms with E-state index in [-0.39, 0.29) is 0 Å². The summed E-state index contributed by atoms with van der Waals surface area (Å²) in [4.78, 5) is 0.319. The maximum atomic E-state index is 12.9. The van der Waals surface area contributed by atoms with Crippen molar-refractivity contribution >= 4 is 20.8 Å². The number of fused-ring (bicyclic) bond motifs is 1. The van der Waals surface area contributed by atoms with Gasteiger partial charge in [0.25, 0.3) is 0 Å². The van der Waals surface area contributed by atoms with E-state index in [9.17, 15) is 8.42 Å². The summed E-state index contributed by atoms with van der Waals surface area (Å²) in [7, 11) is 1.31. The third-order valence-corrected chi connectivity index (χ3v) is 6.67. The van der Waals surface area contributed by atoms with E-state index in [1.165, 1.54) is 4.31 Å². The van der Waals surface area contributed by atoms with Gasteiger partial charge >= 0.3 is 0 Å². The van der Waals surface area contributed by atoms with Gasteiger partial charge in [0.05, 0.1) is 19.1 Å². The number of methoxy groups -OCH3 is 2. The summed E-state index contributed by atoms with van der Waals surface area (Å²) in [5, 5.41) is 1.94. The van der Waals surface area contributed by atoms with Crippen LogP contribution in [0.1, 0.15) is 12.0 Å². The summed E-state index contributed by atoms with van der Waals surface area (Å²) in [6.07, 6.45) is 1.46. The van der Waals surface area contributed by atoms with E-state index in [1.807, 2.05) is 48.5 Å². The fourth-order valence-electron chi connectivity index (χ4n) is 3.17. The van der Waals surface area contributed by atoms with Gasteiger partial charge in [-0.05, 0) is 53.4 Å². The first-order chi connectivity index (χ1) is 13.5. The number of rotatable bonds is 8. The largest absolute Gasteiger partial charge is 0.493 e. The zero-order chi connectivity index (χ0) is 20.1. The molecule has 148 valence electrons. The number of hydrogen-bond acceptors (Lipinski definition) is 4. The van der Waals surface area contributed by atoms with Gasteiger partial charge in [-0.25, -0.2) is 12.7 Å². The predicted octanol–water partition coefficient (Wildman–Crippen LogP) is 4.11. The first-order valence-electron chi connectivity index (χ1n) is 9.12. The van der Waals surface area contributed by atoms with Crippen molar-refractivity contribution in [3.8, 4) is 11.5 Å². The number of ether oxygens (including phenoxy) is 2. The number of hydrogen-bond donors (Lipinski definition) is 0. The van der Waals surface area contributed by atoms with E-state index in [0.717, 1.165) is 22.8 Å². The van der Waals surface area contributed by atoms with Crippen LogP contribution in [0, 0.1) is 0 Å². The minimum absolute atomic E-state index is 0.319. The Morgan fingerprint density at radius 1 is 0.857 bits per heavy atom. The van der Waals surface area contributed by atoms with Gasteiger partial charge in [0, 0.05) is 13.6 Å². The van der Waals surface area contributed by atoms with Crippen LogP contribution in [-0.4, -0.2) is 40.5 Å². The van der Waals surface area contributed by atoms with E-state index in [1.54, 1.807) is 33.4 Å². The van der Waals surface area contributed by atoms with E-state index in [2.05, 4.69) is 0 Å². The van der Waals surface area contributed by atoms with Crippen molar-refractivity contribution in [3.05, 3.63) is 66.2 Å². The van der Waals surface area contributed by atoms with Gasteiger partial charge < -0.3 is 9.47 Å². The van der Waals surface area contributed by atoms with Crippen LogP contribution in [0.4, 0.5) is 0 Å². The number of benzene rings is 3. The zero-order valence-electron chi connectivity index (χ0n) is 16.4. The van der Waals surface area contributed by atoms with Crippen molar-refractivity contribution in [2.45, 2.75) is 17.7 Å². The van der Waals surface area contributed by atoms with Gasteiger partial charge in [0.1, 0.15) is 0 Å². The van der Waals surface area contributed by atoms with Gasteiger partial charge in [-0.1, -0.05) is 36.4 Å². The molecule has 0 amide bonds. The molecule has 3 aromatic rings. The van der Waals surface area contributed by atoms with Crippen LogP contribution in [0.2, 0.25) is 0 Å². The molecule has 0 spiro atoms. The molecule has 3 aromatic carbocycles. The minimum Gasteiger partial charge on any atom is -0.493 e. The second-order valence-corrected chi connectivity index (χ2v) is 8.67. The van der Waals surface area contributed by atoms with Crippen molar-refractivity contribution in [1.82, 2.24) is 4.31 Å². The lowest BCUT2D eigenvalue weighted by atomic mass is 10.1. The molecule has 0 aliphatic heterocycles. The van der Waals surface area contributed by atoms with E-state index in [4.69, 9.17) is 9.47 Å². The maximum absolute atomic E-state index is 12.9. The van der Waals surface area contributed by atoms with Crippen LogP contribution in [0.25, 0.3) is 10.8 Å². The quantitative estimate of drug-likeness (QED) is 0.572. The van der Waals surface area contributed by atoms with Crippen molar-refractivity contribution < 1.29 is 17.9 Å². The Labute approximate surface area is 166 Å².